The molecule has 126 valence electrons. The fraction of sp³-hybridized carbons (Fsp3) is 0.500. The van der Waals surface area contributed by atoms with E-state index in [0.717, 1.165) is 18.5 Å². The average molecular weight is 340 g/mol. The van der Waals surface area contributed by atoms with Crippen LogP contribution in [0.25, 0.3) is 0 Å². The molecule has 1 atom stereocenters. The van der Waals surface area contributed by atoms with Crippen molar-refractivity contribution in [3.8, 4) is 0 Å². The van der Waals surface area contributed by atoms with Gasteiger partial charge in [0.05, 0.1) is 13.1 Å². The lowest BCUT2D eigenvalue weighted by Crippen LogP contribution is -2.47. The molecule has 1 amide bonds. The number of likely N-dealkylation sites (tertiary alicyclic amines) is 1. The summed E-state index contributed by atoms with van der Waals surface area (Å²) in [7, 11) is 0. The number of benzene rings is 1. The molecule has 1 aliphatic rings. The number of carboxylic acids is 1. The second-order valence-corrected chi connectivity index (χ2v) is 6.61. The lowest BCUT2D eigenvalue weighted by atomic mass is 10.0. The predicted octanol–water partition coefficient (Wildman–Crippen LogP) is 1.09. The monoisotopic (exact) mass is 339 g/mol. The van der Waals surface area contributed by atoms with Crippen molar-refractivity contribution < 1.29 is 14.7 Å². The van der Waals surface area contributed by atoms with Crippen LogP contribution in [0.2, 0.25) is 5.02 Å². The van der Waals surface area contributed by atoms with Crippen LogP contribution < -0.4 is 10.6 Å². The molecule has 1 saturated heterocycles. The van der Waals surface area contributed by atoms with Gasteiger partial charge < -0.3 is 15.7 Å². The molecule has 2 rings (SSSR count). The average Bonchev–Trinajstić information content (AvgIpc) is 2.85. The van der Waals surface area contributed by atoms with Crippen molar-refractivity contribution in [2.24, 2.45) is 0 Å². The van der Waals surface area contributed by atoms with Crippen LogP contribution in [0.5, 0.6) is 0 Å². The van der Waals surface area contributed by atoms with Crippen molar-refractivity contribution in [3.05, 3.63) is 34.9 Å². The van der Waals surface area contributed by atoms with Crippen LogP contribution in [0, 0.1) is 0 Å². The van der Waals surface area contributed by atoms with Crippen molar-refractivity contribution in [1.82, 2.24) is 15.5 Å². The topological polar surface area (TPSA) is 81.7 Å². The molecule has 6 nitrogen and oxygen atoms in total. The maximum atomic E-state index is 12.0. The minimum absolute atomic E-state index is 0.0486. The SMILES string of the molecule is C[C@]1(NCC(=O)O)CCN(CC(=O)NCc2cccc(Cl)c2)C1. The number of halogens is 1. The summed E-state index contributed by atoms with van der Waals surface area (Å²) in [4.78, 5) is 24.7. The normalized spacial score (nSPS) is 21.3. The van der Waals surface area contributed by atoms with E-state index in [1.165, 1.54) is 0 Å². The van der Waals surface area contributed by atoms with Crippen LogP contribution in [0.1, 0.15) is 18.9 Å². The molecule has 0 aromatic heterocycles. The molecular formula is C16H22ClN3O3. The van der Waals surface area contributed by atoms with Gasteiger partial charge >= 0.3 is 5.97 Å². The highest BCUT2D eigenvalue weighted by molar-refractivity contribution is 6.30. The zero-order valence-electron chi connectivity index (χ0n) is 13.1. The Labute approximate surface area is 140 Å². The first-order valence-electron chi connectivity index (χ1n) is 7.57. The van der Waals surface area contributed by atoms with Crippen LogP contribution in [-0.2, 0) is 16.1 Å². The molecule has 3 N–H and O–H groups in total. The first-order chi connectivity index (χ1) is 10.9. The van der Waals surface area contributed by atoms with Gasteiger partial charge in [-0.3, -0.25) is 14.5 Å². The van der Waals surface area contributed by atoms with E-state index in [9.17, 15) is 9.59 Å². The maximum absolute atomic E-state index is 12.0. The quantitative estimate of drug-likeness (QED) is 0.693. The lowest BCUT2D eigenvalue weighted by molar-refractivity contribution is -0.136. The number of hydrogen-bond acceptors (Lipinski definition) is 4. The van der Waals surface area contributed by atoms with Crippen LogP contribution >= 0.6 is 11.6 Å². The third kappa shape index (κ3) is 5.82. The third-order valence-corrected chi connectivity index (χ3v) is 4.20. The van der Waals surface area contributed by atoms with Crippen LogP contribution in [0.4, 0.5) is 0 Å². The van der Waals surface area contributed by atoms with Gasteiger partial charge in [-0.1, -0.05) is 23.7 Å². The molecule has 1 aromatic rings. The highest BCUT2D eigenvalue weighted by Gasteiger charge is 2.34. The maximum Gasteiger partial charge on any atom is 0.317 e. The third-order valence-electron chi connectivity index (χ3n) is 3.96. The zero-order valence-corrected chi connectivity index (χ0v) is 13.9. The second-order valence-electron chi connectivity index (χ2n) is 6.18. The largest absolute Gasteiger partial charge is 0.480 e. The molecule has 0 unspecified atom stereocenters. The van der Waals surface area contributed by atoms with E-state index in [-0.39, 0.29) is 18.0 Å². The van der Waals surface area contributed by atoms with Crippen LogP contribution in [0.15, 0.2) is 24.3 Å². The summed E-state index contributed by atoms with van der Waals surface area (Å²) in [6.45, 7) is 4.11. The number of amides is 1. The number of carbonyl (C=O) groups excluding carboxylic acids is 1. The molecule has 1 aliphatic heterocycles. The van der Waals surface area contributed by atoms with Gasteiger partial charge in [-0.05, 0) is 31.0 Å². The Morgan fingerprint density at radius 2 is 2.22 bits per heavy atom. The van der Waals surface area contributed by atoms with E-state index in [0.29, 0.717) is 24.7 Å². The Morgan fingerprint density at radius 1 is 1.43 bits per heavy atom. The van der Waals surface area contributed by atoms with Gasteiger partial charge in [0.25, 0.3) is 0 Å². The summed E-state index contributed by atoms with van der Waals surface area (Å²) in [6.07, 6.45) is 0.821. The predicted molar refractivity (Wildman–Crippen MR) is 88.4 cm³/mol. The number of nitrogens with zero attached hydrogens (tertiary/aromatic N) is 1. The number of carbonyl (C=O) groups is 2. The minimum Gasteiger partial charge on any atom is -0.480 e. The van der Waals surface area contributed by atoms with Gasteiger partial charge in [-0.25, -0.2) is 0 Å². The molecule has 0 spiro atoms. The Kier molecular flexibility index (Phi) is 5.98. The second kappa shape index (κ2) is 7.77. The van der Waals surface area contributed by atoms with Crippen molar-refractivity contribution in [2.45, 2.75) is 25.4 Å². The van der Waals surface area contributed by atoms with E-state index >= 15 is 0 Å². The Bertz CT molecular complexity index is 581. The van der Waals surface area contributed by atoms with E-state index in [2.05, 4.69) is 10.6 Å². The molecule has 23 heavy (non-hydrogen) atoms. The number of aliphatic carboxylic acids is 1. The Morgan fingerprint density at radius 3 is 2.91 bits per heavy atom. The summed E-state index contributed by atoms with van der Waals surface area (Å²) in [5.41, 5.74) is 0.700. The van der Waals surface area contributed by atoms with Crippen molar-refractivity contribution in [3.63, 3.8) is 0 Å². The number of carboxylic acid groups (broad SMARTS) is 1. The van der Waals surface area contributed by atoms with Gasteiger partial charge in [-0.2, -0.15) is 0 Å². The first kappa shape index (κ1) is 17.7. The van der Waals surface area contributed by atoms with Gasteiger partial charge in [0.15, 0.2) is 0 Å². The van der Waals surface area contributed by atoms with E-state index in [1.807, 2.05) is 30.0 Å². The fourth-order valence-electron chi connectivity index (χ4n) is 2.73. The van der Waals surface area contributed by atoms with Gasteiger partial charge in [0.2, 0.25) is 5.91 Å². The van der Waals surface area contributed by atoms with Gasteiger partial charge in [0.1, 0.15) is 0 Å². The van der Waals surface area contributed by atoms with Crippen molar-refractivity contribution in [1.29, 1.82) is 0 Å². The number of hydrogen-bond donors (Lipinski definition) is 3. The van der Waals surface area contributed by atoms with E-state index in [4.69, 9.17) is 16.7 Å². The zero-order chi connectivity index (χ0) is 16.9. The summed E-state index contributed by atoms with van der Waals surface area (Å²) < 4.78 is 0. The molecule has 0 radical (unpaired) electrons. The number of nitrogens with one attached hydrogen (secondary N) is 2. The fourth-order valence-corrected chi connectivity index (χ4v) is 2.94. The van der Waals surface area contributed by atoms with Gasteiger partial charge in [0, 0.05) is 30.2 Å². The summed E-state index contributed by atoms with van der Waals surface area (Å²) >= 11 is 5.91. The molecule has 0 saturated carbocycles. The lowest BCUT2D eigenvalue weighted by Gasteiger charge is -2.25. The Balaban J connectivity index is 1.75. The molecular weight excluding hydrogens is 318 g/mol. The Hall–Kier alpha value is -1.63. The van der Waals surface area contributed by atoms with Gasteiger partial charge in [-0.15, -0.1) is 0 Å². The highest BCUT2D eigenvalue weighted by atomic mass is 35.5. The smallest absolute Gasteiger partial charge is 0.317 e. The standard InChI is InChI=1S/C16H22ClN3O3/c1-16(19-9-15(22)23)5-6-20(11-16)10-14(21)18-8-12-3-2-4-13(17)7-12/h2-4,7,19H,5-6,8-11H2,1H3,(H,18,21)(H,22,23)/t16-/m0/s1. The molecule has 7 heteroatoms. The molecule has 1 heterocycles. The van der Waals surface area contributed by atoms with E-state index in [1.54, 1.807) is 6.07 Å². The van der Waals surface area contributed by atoms with Crippen LogP contribution in [-0.4, -0.2) is 53.6 Å². The highest BCUT2D eigenvalue weighted by Crippen LogP contribution is 2.20. The molecule has 1 fully saturated rings. The molecule has 1 aromatic carbocycles. The summed E-state index contributed by atoms with van der Waals surface area (Å²) in [5.74, 6) is -0.920. The molecule has 0 aliphatic carbocycles. The van der Waals surface area contributed by atoms with Crippen molar-refractivity contribution >= 4 is 23.5 Å². The summed E-state index contributed by atoms with van der Waals surface area (Å²) in [6, 6.07) is 7.38. The first-order valence-corrected chi connectivity index (χ1v) is 7.94. The number of rotatable bonds is 7. The minimum atomic E-state index is -0.871. The molecule has 0 bridgehead atoms. The summed E-state index contributed by atoms with van der Waals surface area (Å²) in [5, 5.41) is 15.3. The van der Waals surface area contributed by atoms with Crippen molar-refractivity contribution in [2.75, 3.05) is 26.2 Å². The van der Waals surface area contributed by atoms with E-state index < -0.39 is 5.97 Å². The van der Waals surface area contributed by atoms with Crippen LogP contribution in [0.3, 0.4) is 0 Å².